The van der Waals surface area contributed by atoms with Gasteiger partial charge in [-0.15, -0.1) is 0 Å². The number of nitrogens with one attached hydrogen (secondary N) is 2. The molecule has 0 aliphatic heterocycles. The molecule has 1 aliphatic carbocycles. The predicted molar refractivity (Wildman–Crippen MR) is 375 cm³/mol. The van der Waals surface area contributed by atoms with Gasteiger partial charge in [-0.3, -0.25) is 14.6 Å². The third kappa shape index (κ3) is 19.5. The lowest BCUT2D eigenvalue weighted by Crippen LogP contribution is -2.51. The Kier molecular flexibility index (Phi) is 28.5. The third-order valence-electron chi connectivity index (χ3n) is 19.8. The molecule has 1 aromatic heterocycles. The molecule has 1 heterocycles. The van der Waals surface area contributed by atoms with Gasteiger partial charge in [0, 0.05) is 42.5 Å². The van der Waals surface area contributed by atoms with Gasteiger partial charge in [0.25, 0.3) is 0 Å². The second kappa shape index (κ2) is 33.7. The fourth-order valence-corrected chi connectivity index (χ4v) is 32.7. The molecule has 2 amide bonds. The number of hydrogen-bond donors (Lipinski definition) is 2. The average Bonchev–Trinajstić information content (AvgIpc) is 3.88. The highest BCUT2D eigenvalue weighted by atomic mass is 28.4. The number of fused-ring (bicyclic) bond motifs is 1. The molecule has 14 heteroatoms. The molecule has 2 N–H and O–H groups in total. The zero-order valence-electron chi connectivity index (χ0n) is 58.5. The number of aromatic nitrogens is 1. The van der Waals surface area contributed by atoms with Crippen molar-refractivity contribution in [2.75, 3.05) is 11.9 Å². The van der Waals surface area contributed by atoms with Crippen LogP contribution in [0.3, 0.4) is 0 Å². The number of carbonyl (C=O) groups excluding carboxylic acids is 3. The Hall–Kier alpha value is -4.45. The number of benzene rings is 3. The van der Waals surface area contributed by atoms with Crippen molar-refractivity contribution in [2.45, 2.75) is 289 Å². The summed E-state index contributed by atoms with van der Waals surface area (Å²) in [6, 6.07) is 26.0. The molecule has 88 heavy (non-hydrogen) atoms. The molecule has 0 spiro atoms. The number of rotatable bonds is 34. The van der Waals surface area contributed by atoms with Crippen molar-refractivity contribution in [2.24, 2.45) is 11.8 Å². The van der Waals surface area contributed by atoms with Crippen molar-refractivity contribution in [1.82, 2.24) is 10.3 Å². The number of nitrogens with zero attached hydrogens (tertiary/aromatic N) is 1. The summed E-state index contributed by atoms with van der Waals surface area (Å²) in [6.45, 7) is 49.1. The minimum absolute atomic E-state index is 0.0158. The zero-order chi connectivity index (χ0) is 65.3. The van der Waals surface area contributed by atoms with Crippen LogP contribution in [0.5, 0.6) is 0 Å². The van der Waals surface area contributed by atoms with Crippen molar-refractivity contribution < 1.29 is 37.1 Å². The molecule has 3 aromatic carbocycles. The van der Waals surface area contributed by atoms with E-state index >= 15 is 0 Å². The fraction of sp³-hybridized carbons (Fsp3) is 0.649. The Labute approximate surface area is 537 Å². The van der Waals surface area contributed by atoms with E-state index in [9.17, 15) is 14.4 Å². The number of anilines is 1. The lowest BCUT2D eigenvalue weighted by molar-refractivity contribution is -0.145. The standard InChI is InChI=1S/C74H119N3O8Si3/c1-50(2)86(51(3)4,52(5)6)83-65(40-35-59-29-25-24-26-30-59)41-42-67-66(69(84-87(53(7)8,54(9)10)55(11)12)46-70(67)85-88(56(13)14,57(15)16)58(17)18)31-27-22-23-28-32-71(78)81-49-60-33-36-61(37-34-60)68(48-76-73(80)82-74(19,20)21)72(79)77-64-39-38-63-47-75-44-43-62(63)45-64/h22,24-27,29-30,33-34,36-39,43-45,47,50-58,65-70H,23,28,31-32,35,40-42,46,48-49H2,1-21H3,(H,76,80)(H,77,79)/t65-,66+,67+,68?,69+,70+/m0/s1. The van der Waals surface area contributed by atoms with E-state index in [0.29, 0.717) is 79.9 Å². The highest BCUT2D eigenvalue weighted by molar-refractivity contribution is 6.78. The Morgan fingerprint density at radius 3 is 1.73 bits per heavy atom. The van der Waals surface area contributed by atoms with Gasteiger partial charge in [-0.05, 0) is 174 Å². The van der Waals surface area contributed by atoms with Crippen LogP contribution in [-0.2, 0) is 45.4 Å². The van der Waals surface area contributed by atoms with Crippen LogP contribution in [0.4, 0.5) is 10.5 Å². The number of unbranched alkanes of at least 4 members (excludes halogenated alkanes) is 1. The first-order valence-corrected chi connectivity index (χ1v) is 40.4. The summed E-state index contributed by atoms with van der Waals surface area (Å²) < 4.78 is 35.3. The van der Waals surface area contributed by atoms with Crippen LogP contribution in [0, 0.1) is 11.8 Å². The highest BCUT2D eigenvalue weighted by Crippen LogP contribution is 2.53. The molecule has 1 aliphatic rings. The molecule has 0 bridgehead atoms. The van der Waals surface area contributed by atoms with Gasteiger partial charge < -0.3 is 33.4 Å². The minimum atomic E-state index is -2.31. The van der Waals surface area contributed by atoms with Crippen LogP contribution in [0.25, 0.3) is 10.8 Å². The van der Waals surface area contributed by atoms with E-state index in [1.54, 1.807) is 33.2 Å². The number of aryl methyl sites for hydroxylation is 1. The van der Waals surface area contributed by atoms with E-state index in [1.807, 2.05) is 48.5 Å². The van der Waals surface area contributed by atoms with Crippen molar-refractivity contribution in [3.8, 4) is 0 Å². The average molecular weight is 1260 g/mol. The van der Waals surface area contributed by atoms with Crippen LogP contribution in [0.15, 0.2) is 103 Å². The molecule has 0 saturated heterocycles. The molecule has 490 valence electrons. The molecule has 1 saturated carbocycles. The molecule has 11 nitrogen and oxygen atoms in total. The first-order valence-electron chi connectivity index (χ1n) is 34.0. The SMILES string of the molecule is CC(C)[Si](O[C@@H](CCc1ccccc1)CC[C@@H]1[C@@H](CC=CCCCC(=O)OCc2ccc(C(CNC(=O)OC(C)(C)C)C(=O)Nc3ccc4cnccc4c3)cc2)[C@H](O[Si](C(C)C)(C(C)C)C(C)C)C[C@H]1O[Si](C(C)C)(C(C)C)C(C)C)(C(C)C)C(C)C. The van der Waals surface area contributed by atoms with Crippen molar-refractivity contribution >= 4 is 59.4 Å². The lowest BCUT2D eigenvalue weighted by atomic mass is 9.85. The summed E-state index contributed by atoms with van der Waals surface area (Å²) in [5.41, 5.74) is 7.05. The lowest BCUT2D eigenvalue weighted by Gasteiger charge is -2.46. The molecule has 1 unspecified atom stereocenters. The molecule has 6 atom stereocenters. The van der Waals surface area contributed by atoms with Gasteiger partial charge >= 0.3 is 12.1 Å². The number of alkyl carbamates (subject to hydrolysis) is 1. The van der Waals surface area contributed by atoms with E-state index < -0.39 is 42.6 Å². The van der Waals surface area contributed by atoms with Gasteiger partial charge in [0.2, 0.25) is 30.9 Å². The monoisotopic (exact) mass is 1260 g/mol. The smallest absolute Gasteiger partial charge is 0.407 e. The second-order valence-electron chi connectivity index (χ2n) is 29.5. The maximum atomic E-state index is 13.9. The van der Waals surface area contributed by atoms with Gasteiger partial charge in [-0.25, -0.2) is 4.79 Å². The van der Waals surface area contributed by atoms with Crippen molar-refractivity contribution in [3.05, 3.63) is 120 Å². The normalized spacial score (nSPS) is 17.9. The summed E-state index contributed by atoms with van der Waals surface area (Å²) in [7, 11) is -6.84. The van der Waals surface area contributed by atoms with Gasteiger partial charge in [0.1, 0.15) is 12.2 Å². The second-order valence-corrected chi connectivity index (χ2v) is 45.8. The molecular formula is C74H119N3O8Si3. The van der Waals surface area contributed by atoms with E-state index in [-0.39, 0.29) is 49.3 Å². The number of allylic oxidation sites excluding steroid dienone is 2. The number of esters is 1. The molecule has 5 rings (SSSR count). The van der Waals surface area contributed by atoms with Gasteiger partial charge in [0.05, 0.1) is 18.1 Å². The van der Waals surface area contributed by atoms with E-state index in [4.69, 9.17) is 22.8 Å². The summed E-state index contributed by atoms with van der Waals surface area (Å²) in [5.74, 6) is -0.706. The van der Waals surface area contributed by atoms with Crippen molar-refractivity contribution in [3.63, 3.8) is 0 Å². The van der Waals surface area contributed by atoms with Crippen LogP contribution in [0.1, 0.15) is 219 Å². The number of amides is 2. The third-order valence-corrected chi connectivity index (χ3v) is 38.2. The molecule has 0 radical (unpaired) electrons. The minimum Gasteiger partial charge on any atom is -0.461 e. The van der Waals surface area contributed by atoms with Gasteiger partial charge in [-0.2, -0.15) is 0 Å². The van der Waals surface area contributed by atoms with Gasteiger partial charge in [-0.1, -0.05) is 197 Å². The number of ether oxygens (including phenoxy) is 2. The maximum absolute atomic E-state index is 13.9. The highest BCUT2D eigenvalue weighted by Gasteiger charge is 2.55. The number of carbonyl (C=O) groups is 3. The Morgan fingerprint density at radius 2 is 1.18 bits per heavy atom. The van der Waals surface area contributed by atoms with Crippen LogP contribution < -0.4 is 10.6 Å². The van der Waals surface area contributed by atoms with E-state index in [0.717, 1.165) is 61.3 Å². The first-order chi connectivity index (χ1) is 41.4. The quantitative estimate of drug-likeness (QED) is 0.0203. The predicted octanol–water partition coefficient (Wildman–Crippen LogP) is 20.4. The summed E-state index contributed by atoms with van der Waals surface area (Å²) >= 11 is 0. The van der Waals surface area contributed by atoms with Gasteiger partial charge in [0.15, 0.2) is 0 Å². The molecular weight excluding hydrogens is 1140 g/mol. The van der Waals surface area contributed by atoms with E-state index in [2.05, 4.69) is 183 Å². The van der Waals surface area contributed by atoms with E-state index in [1.165, 1.54) is 5.56 Å². The first kappa shape index (κ1) is 74.3. The topological polar surface area (TPSA) is 134 Å². The number of hydrogen-bond acceptors (Lipinski definition) is 9. The summed E-state index contributed by atoms with van der Waals surface area (Å²) in [4.78, 5) is 44.3. The number of pyridine rings is 1. The van der Waals surface area contributed by atoms with Crippen molar-refractivity contribution in [1.29, 1.82) is 0 Å². The summed E-state index contributed by atoms with van der Waals surface area (Å²) in [6.07, 6.45) is 15.5. The Balaban J connectivity index is 1.37. The maximum Gasteiger partial charge on any atom is 0.407 e. The molecule has 4 aromatic rings. The fourth-order valence-electron chi connectivity index (χ4n) is 15.8. The van der Waals surface area contributed by atoms with Crippen LogP contribution in [0.2, 0.25) is 49.9 Å². The van der Waals surface area contributed by atoms with Crippen LogP contribution >= 0.6 is 0 Å². The Bertz CT molecular complexity index is 2730. The zero-order valence-corrected chi connectivity index (χ0v) is 61.5. The molecule has 1 fully saturated rings. The van der Waals surface area contributed by atoms with Crippen LogP contribution in [-0.4, -0.2) is 78.4 Å². The largest absolute Gasteiger partial charge is 0.461 e. The summed E-state index contributed by atoms with van der Waals surface area (Å²) in [5, 5.41) is 7.74. The Morgan fingerprint density at radius 1 is 0.625 bits per heavy atom.